The largest absolute Gasteiger partial charge is 0.478 e. The Hall–Kier alpha value is -2.92. The molecule has 0 saturated carbocycles. The van der Waals surface area contributed by atoms with Crippen LogP contribution < -0.4 is 0 Å². The maximum absolute atomic E-state index is 10.7. The van der Waals surface area contributed by atoms with E-state index in [2.05, 4.69) is 12.2 Å². The molecule has 1 aliphatic rings. The zero-order valence-corrected chi connectivity index (χ0v) is 16.0. The van der Waals surface area contributed by atoms with Crippen molar-refractivity contribution in [2.24, 2.45) is 0 Å². The molecule has 0 radical (unpaired) electrons. The van der Waals surface area contributed by atoms with Crippen molar-refractivity contribution >= 4 is 22.7 Å². The molecular weight excluding hydrogens is 400 g/mol. The Labute approximate surface area is 173 Å². The quantitative estimate of drug-likeness (QED) is 0.487. The first-order valence-electron chi connectivity index (χ1n) is 8.27. The number of hydrogen-bond donors (Lipinski definition) is 2. The van der Waals surface area contributed by atoms with Gasteiger partial charge in [-0.3, -0.25) is 0 Å². The van der Waals surface area contributed by atoms with E-state index in [1.165, 1.54) is 5.56 Å². The molecule has 0 saturated heterocycles. The van der Waals surface area contributed by atoms with Gasteiger partial charge < -0.3 is 15.7 Å². The van der Waals surface area contributed by atoms with Gasteiger partial charge in [0.1, 0.15) is 0 Å². The van der Waals surface area contributed by atoms with Crippen molar-refractivity contribution in [2.45, 2.75) is 12.8 Å². The zero-order chi connectivity index (χ0) is 18.5. The summed E-state index contributed by atoms with van der Waals surface area (Å²) < 4.78 is 0. The van der Waals surface area contributed by atoms with Crippen LogP contribution in [0.25, 0.3) is 10.8 Å². The van der Waals surface area contributed by atoms with Gasteiger partial charge in [0, 0.05) is 17.1 Å². The van der Waals surface area contributed by atoms with Crippen LogP contribution >= 0.6 is 0 Å². The van der Waals surface area contributed by atoms with Crippen LogP contribution in [-0.2, 0) is 29.9 Å². The summed E-state index contributed by atoms with van der Waals surface area (Å²) >= 11 is 0. The Bertz CT molecular complexity index is 1010. The normalized spacial score (nSPS) is 11.1. The number of fused-ring (bicyclic) bond motifs is 2. The van der Waals surface area contributed by atoms with Gasteiger partial charge in [0.05, 0.1) is 11.1 Å². The molecule has 146 valence electrons. The molecule has 3 aromatic carbocycles. The average molecular weight is 420 g/mol. The van der Waals surface area contributed by atoms with Gasteiger partial charge in [0.25, 0.3) is 0 Å². The minimum Gasteiger partial charge on any atom is -0.478 e. The van der Waals surface area contributed by atoms with Gasteiger partial charge in [0.2, 0.25) is 0 Å². The molecule has 28 heavy (non-hydrogen) atoms. The molecule has 4 rings (SSSR count). The number of benzene rings is 3. The first-order chi connectivity index (χ1) is 12.5. The molecule has 3 aromatic rings. The van der Waals surface area contributed by atoms with Gasteiger partial charge in [-0.1, -0.05) is 48.6 Å². The van der Waals surface area contributed by atoms with Crippen molar-refractivity contribution in [1.29, 1.82) is 0 Å². The van der Waals surface area contributed by atoms with Crippen molar-refractivity contribution in [1.82, 2.24) is 0 Å². The van der Waals surface area contributed by atoms with E-state index >= 15 is 0 Å². The molecule has 1 aliphatic carbocycles. The average Bonchev–Trinajstić information content (AvgIpc) is 2.67. The van der Waals surface area contributed by atoms with Crippen LogP contribution in [0.3, 0.4) is 0 Å². The predicted molar refractivity (Wildman–Crippen MR) is 104 cm³/mol. The number of allylic oxidation sites excluding steroid dienone is 2. The van der Waals surface area contributed by atoms with E-state index in [-0.39, 0.29) is 22.5 Å². The second kappa shape index (κ2) is 10.4. The fraction of sp³-hybridized carbons (Fsp3) is 0.0909. The summed E-state index contributed by atoms with van der Waals surface area (Å²) in [5.74, 6) is -1.73. The van der Waals surface area contributed by atoms with Gasteiger partial charge in [0.15, 0.2) is 0 Å². The molecule has 0 bridgehead atoms. The molecule has 0 amide bonds. The van der Waals surface area contributed by atoms with E-state index in [1.807, 2.05) is 36.4 Å². The maximum Gasteiger partial charge on any atom is 0.335 e. The Balaban J connectivity index is 0.000000261. The molecule has 6 heteroatoms. The number of hydrogen-bond acceptors (Lipinski definition) is 2. The summed E-state index contributed by atoms with van der Waals surface area (Å²) in [6, 6.07) is 18.1. The summed E-state index contributed by atoms with van der Waals surface area (Å²) in [6.45, 7) is 0. The third-order valence-corrected chi connectivity index (χ3v) is 4.29. The van der Waals surface area contributed by atoms with Crippen LogP contribution in [0.2, 0.25) is 0 Å². The monoisotopic (exact) mass is 420 g/mol. The fourth-order valence-corrected chi connectivity index (χ4v) is 2.89. The third kappa shape index (κ3) is 5.54. The molecule has 4 N–H and O–H groups in total. The summed E-state index contributed by atoms with van der Waals surface area (Å²) in [4.78, 5) is 21.3. The van der Waals surface area contributed by atoms with Crippen LogP contribution in [-0.4, -0.2) is 27.6 Å². The maximum atomic E-state index is 10.7. The molecule has 0 aliphatic heterocycles. The second-order valence-corrected chi connectivity index (χ2v) is 6.04. The van der Waals surface area contributed by atoms with Gasteiger partial charge >= 0.3 is 11.9 Å². The van der Waals surface area contributed by atoms with Gasteiger partial charge in [-0.2, -0.15) is 0 Å². The molecule has 0 unspecified atom stereocenters. The van der Waals surface area contributed by atoms with E-state index in [0.29, 0.717) is 11.1 Å². The van der Waals surface area contributed by atoms with Crippen LogP contribution in [0, 0.1) is 0 Å². The van der Waals surface area contributed by atoms with Gasteiger partial charge in [-0.05, 0) is 59.0 Å². The molecule has 0 atom stereocenters. The topological polar surface area (TPSA) is 106 Å². The third-order valence-electron chi connectivity index (χ3n) is 4.29. The van der Waals surface area contributed by atoms with Crippen LogP contribution in [0.4, 0.5) is 0 Å². The molecule has 0 heterocycles. The molecule has 0 aromatic heterocycles. The smallest absolute Gasteiger partial charge is 0.335 e. The van der Waals surface area contributed by atoms with Crippen LogP contribution in [0.1, 0.15) is 31.8 Å². The zero-order valence-electron chi connectivity index (χ0n) is 14.9. The predicted octanol–water partition coefficient (Wildman–Crippen LogP) is 3.75. The van der Waals surface area contributed by atoms with Crippen molar-refractivity contribution in [3.05, 3.63) is 95.1 Å². The van der Waals surface area contributed by atoms with Gasteiger partial charge in [-0.15, -0.1) is 0 Å². The molecule has 0 fully saturated rings. The van der Waals surface area contributed by atoms with Crippen molar-refractivity contribution in [3.8, 4) is 0 Å². The number of carboxylic acids is 2. The SMILES string of the molecule is O.O=C(O)c1ccc2c(c1)CC=CC2.O=C(O)c1ccc2ccccc2c1.[Fe]. The Morgan fingerprint density at radius 1 is 0.679 bits per heavy atom. The van der Waals surface area contributed by atoms with Crippen LogP contribution in [0.15, 0.2) is 72.8 Å². The fourth-order valence-electron chi connectivity index (χ4n) is 2.89. The first-order valence-corrected chi connectivity index (χ1v) is 8.27. The van der Waals surface area contributed by atoms with E-state index in [1.54, 1.807) is 24.3 Å². The van der Waals surface area contributed by atoms with E-state index in [4.69, 9.17) is 10.2 Å². The number of aromatic carboxylic acids is 2. The summed E-state index contributed by atoms with van der Waals surface area (Å²) in [5.41, 5.74) is 3.10. The number of rotatable bonds is 2. The van der Waals surface area contributed by atoms with E-state index in [9.17, 15) is 9.59 Å². The Kier molecular flexibility index (Phi) is 8.61. The Morgan fingerprint density at radius 2 is 1.21 bits per heavy atom. The molecular formula is C22H20FeO5. The van der Waals surface area contributed by atoms with Gasteiger partial charge in [-0.25, -0.2) is 9.59 Å². The summed E-state index contributed by atoms with van der Waals surface area (Å²) in [5, 5.41) is 19.5. The van der Waals surface area contributed by atoms with E-state index < -0.39 is 11.9 Å². The molecule has 0 spiro atoms. The Morgan fingerprint density at radius 3 is 1.86 bits per heavy atom. The minimum atomic E-state index is -0.884. The first kappa shape index (κ1) is 23.1. The number of carboxylic acid groups (broad SMARTS) is 2. The summed E-state index contributed by atoms with van der Waals surface area (Å²) in [6.07, 6.45) is 5.97. The van der Waals surface area contributed by atoms with Crippen molar-refractivity contribution in [2.75, 3.05) is 0 Å². The second-order valence-electron chi connectivity index (χ2n) is 6.04. The van der Waals surface area contributed by atoms with Crippen LogP contribution in [0.5, 0.6) is 0 Å². The standard InChI is InChI=1S/C11H10O2.C11H8O2.Fe.H2O/c2*12-11(13)10-6-5-8-3-1-2-4-9(8)7-10;;/h1-2,5-7H,3-4H2,(H,12,13);1-7H,(H,12,13);;1H2. The summed E-state index contributed by atoms with van der Waals surface area (Å²) in [7, 11) is 0. The van der Waals surface area contributed by atoms with Crippen molar-refractivity contribution in [3.63, 3.8) is 0 Å². The van der Waals surface area contributed by atoms with E-state index in [0.717, 1.165) is 29.2 Å². The van der Waals surface area contributed by atoms with Crippen molar-refractivity contribution < 1.29 is 42.3 Å². The molecule has 5 nitrogen and oxygen atoms in total. The minimum absolute atomic E-state index is 0. The number of carbonyl (C=O) groups is 2.